The third-order valence-electron chi connectivity index (χ3n) is 5.36. The molecule has 1 saturated heterocycles. The van der Waals surface area contributed by atoms with Gasteiger partial charge in [0.25, 0.3) is 5.91 Å². The molecular weight excluding hydrogens is 368 g/mol. The summed E-state index contributed by atoms with van der Waals surface area (Å²) in [4.78, 5) is 29.0. The molecule has 1 unspecified atom stereocenters. The minimum Gasteiger partial charge on any atom is -0.493 e. The molecule has 2 amide bonds. The fraction of sp³-hybridized carbons (Fsp3) is 0.391. The minimum absolute atomic E-state index is 0.0430. The van der Waals surface area contributed by atoms with Crippen molar-refractivity contribution in [2.45, 2.75) is 19.4 Å². The van der Waals surface area contributed by atoms with Gasteiger partial charge in [-0.2, -0.15) is 0 Å². The first-order chi connectivity index (χ1) is 14.0. The number of likely N-dealkylation sites (tertiary alicyclic amines) is 1. The molecule has 0 aromatic heterocycles. The van der Waals surface area contributed by atoms with Crippen LogP contribution in [0.15, 0.2) is 48.5 Å². The summed E-state index contributed by atoms with van der Waals surface area (Å²) >= 11 is 0. The fourth-order valence-corrected chi connectivity index (χ4v) is 3.68. The highest BCUT2D eigenvalue weighted by Crippen LogP contribution is 2.29. The summed E-state index contributed by atoms with van der Waals surface area (Å²) in [7, 11) is 4.95. The van der Waals surface area contributed by atoms with Crippen molar-refractivity contribution in [3.8, 4) is 11.5 Å². The molecule has 0 saturated carbocycles. The standard InChI is InChI=1S/C23H28N2O4/c1-24(15-17-7-5-4-6-8-17)22(26)13-18-11-12-25(16-18)23(27)19-9-10-20(28-2)21(14-19)29-3/h4-10,14,18H,11-13,15-16H2,1-3H3. The van der Waals surface area contributed by atoms with Gasteiger partial charge in [0.1, 0.15) is 0 Å². The van der Waals surface area contributed by atoms with Gasteiger partial charge in [0, 0.05) is 38.7 Å². The van der Waals surface area contributed by atoms with Crippen molar-refractivity contribution in [2.75, 3.05) is 34.4 Å². The molecule has 6 nitrogen and oxygen atoms in total. The summed E-state index contributed by atoms with van der Waals surface area (Å²) in [5.74, 6) is 1.38. The van der Waals surface area contributed by atoms with E-state index in [1.807, 2.05) is 42.3 Å². The number of hydrogen-bond acceptors (Lipinski definition) is 4. The quantitative estimate of drug-likeness (QED) is 0.721. The Balaban J connectivity index is 1.55. The van der Waals surface area contributed by atoms with Gasteiger partial charge in [0.2, 0.25) is 5.91 Å². The largest absolute Gasteiger partial charge is 0.493 e. The normalized spacial score (nSPS) is 15.8. The van der Waals surface area contributed by atoms with Crippen molar-refractivity contribution in [3.63, 3.8) is 0 Å². The van der Waals surface area contributed by atoms with E-state index in [1.165, 1.54) is 0 Å². The molecule has 0 aliphatic carbocycles. The second-order valence-corrected chi connectivity index (χ2v) is 7.42. The number of ether oxygens (including phenoxy) is 2. The van der Waals surface area contributed by atoms with E-state index < -0.39 is 0 Å². The lowest BCUT2D eigenvalue weighted by Crippen LogP contribution is -2.31. The van der Waals surface area contributed by atoms with Crippen LogP contribution in [0.1, 0.15) is 28.8 Å². The maximum Gasteiger partial charge on any atom is 0.254 e. The first-order valence-corrected chi connectivity index (χ1v) is 9.81. The molecule has 0 radical (unpaired) electrons. The summed E-state index contributed by atoms with van der Waals surface area (Å²) in [6.07, 6.45) is 1.29. The van der Waals surface area contributed by atoms with Crippen LogP contribution in [-0.4, -0.2) is 56.0 Å². The summed E-state index contributed by atoms with van der Waals surface area (Å²) < 4.78 is 10.5. The number of amides is 2. The Morgan fingerprint density at radius 3 is 2.48 bits per heavy atom. The molecule has 1 atom stereocenters. The monoisotopic (exact) mass is 396 g/mol. The maximum absolute atomic E-state index is 12.9. The lowest BCUT2D eigenvalue weighted by molar-refractivity contribution is -0.131. The topological polar surface area (TPSA) is 59.1 Å². The van der Waals surface area contributed by atoms with Crippen LogP contribution < -0.4 is 9.47 Å². The molecular formula is C23H28N2O4. The van der Waals surface area contributed by atoms with Gasteiger partial charge in [0.05, 0.1) is 14.2 Å². The average molecular weight is 396 g/mol. The van der Waals surface area contributed by atoms with Crippen LogP contribution in [0.3, 0.4) is 0 Å². The number of methoxy groups -OCH3 is 2. The van der Waals surface area contributed by atoms with Crippen LogP contribution in [0.5, 0.6) is 11.5 Å². The lowest BCUT2D eigenvalue weighted by Gasteiger charge is -2.20. The van der Waals surface area contributed by atoms with E-state index in [0.717, 1.165) is 12.0 Å². The highest BCUT2D eigenvalue weighted by Gasteiger charge is 2.29. The van der Waals surface area contributed by atoms with Gasteiger partial charge in [-0.05, 0) is 36.1 Å². The predicted octanol–water partition coefficient (Wildman–Crippen LogP) is 3.21. The first-order valence-electron chi connectivity index (χ1n) is 9.81. The average Bonchev–Trinajstić information content (AvgIpc) is 3.21. The third-order valence-corrected chi connectivity index (χ3v) is 5.36. The Labute approximate surface area is 172 Å². The molecule has 0 bridgehead atoms. The molecule has 6 heteroatoms. The van der Waals surface area contributed by atoms with Gasteiger partial charge in [-0.15, -0.1) is 0 Å². The Morgan fingerprint density at radius 1 is 1.07 bits per heavy atom. The van der Waals surface area contributed by atoms with Crippen LogP contribution in [0.2, 0.25) is 0 Å². The lowest BCUT2D eigenvalue weighted by atomic mass is 10.0. The summed E-state index contributed by atoms with van der Waals surface area (Å²) in [5.41, 5.74) is 1.68. The van der Waals surface area contributed by atoms with Crippen molar-refractivity contribution in [1.82, 2.24) is 9.80 Å². The predicted molar refractivity (Wildman–Crippen MR) is 111 cm³/mol. The molecule has 1 fully saturated rings. The van der Waals surface area contributed by atoms with E-state index in [-0.39, 0.29) is 17.7 Å². The molecule has 1 aliphatic heterocycles. The minimum atomic E-state index is -0.0430. The van der Waals surface area contributed by atoms with Crippen LogP contribution in [0.25, 0.3) is 0 Å². The van der Waals surface area contributed by atoms with E-state index in [2.05, 4.69) is 0 Å². The van der Waals surface area contributed by atoms with Crippen LogP contribution in [0.4, 0.5) is 0 Å². The van der Waals surface area contributed by atoms with E-state index >= 15 is 0 Å². The van der Waals surface area contributed by atoms with Gasteiger partial charge >= 0.3 is 0 Å². The number of rotatable bonds is 7. The zero-order chi connectivity index (χ0) is 20.8. The molecule has 29 heavy (non-hydrogen) atoms. The zero-order valence-electron chi connectivity index (χ0n) is 17.3. The molecule has 1 heterocycles. The molecule has 0 spiro atoms. The molecule has 0 N–H and O–H groups in total. The van der Waals surface area contributed by atoms with Crippen LogP contribution in [0, 0.1) is 5.92 Å². The smallest absolute Gasteiger partial charge is 0.254 e. The van der Waals surface area contributed by atoms with Crippen molar-refractivity contribution < 1.29 is 19.1 Å². The van der Waals surface area contributed by atoms with Gasteiger partial charge in [0.15, 0.2) is 11.5 Å². The van der Waals surface area contributed by atoms with Gasteiger partial charge < -0.3 is 19.3 Å². The molecule has 1 aliphatic rings. The van der Waals surface area contributed by atoms with Gasteiger partial charge in [-0.25, -0.2) is 0 Å². The Kier molecular flexibility index (Phi) is 6.75. The number of carbonyl (C=O) groups is 2. The van der Waals surface area contributed by atoms with E-state index in [0.29, 0.717) is 43.1 Å². The van der Waals surface area contributed by atoms with Crippen molar-refractivity contribution >= 4 is 11.8 Å². The van der Waals surface area contributed by atoms with Gasteiger partial charge in [-0.1, -0.05) is 30.3 Å². The highest BCUT2D eigenvalue weighted by atomic mass is 16.5. The second-order valence-electron chi connectivity index (χ2n) is 7.42. The third kappa shape index (κ3) is 5.08. The van der Waals surface area contributed by atoms with Gasteiger partial charge in [-0.3, -0.25) is 9.59 Å². The molecule has 2 aromatic rings. The van der Waals surface area contributed by atoms with Crippen molar-refractivity contribution in [1.29, 1.82) is 0 Å². The van der Waals surface area contributed by atoms with E-state index in [4.69, 9.17) is 9.47 Å². The zero-order valence-corrected chi connectivity index (χ0v) is 17.3. The Morgan fingerprint density at radius 2 is 1.79 bits per heavy atom. The Bertz CT molecular complexity index is 853. The van der Waals surface area contributed by atoms with Crippen LogP contribution in [-0.2, 0) is 11.3 Å². The summed E-state index contributed by atoms with van der Waals surface area (Å²) in [5, 5.41) is 0. The molecule has 2 aromatic carbocycles. The summed E-state index contributed by atoms with van der Waals surface area (Å²) in [6.45, 7) is 1.85. The van der Waals surface area contributed by atoms with Crippen molar-refractivity contribution in [3.05, 3.63) is 59.7 Å². The van der Waals surface area contributed by atoms with Crippen molar-refractivity contribution in [2.24, 2.45) is 5.92 Å². The SMILES string of the molecule is COc1ccc(C(=O)N2CCC(CC(=O)N(C)Cc3ccccc3)C2)cc1OC. The highest BCUT2D eigenvalue weighted by molar-refractivity contribution is 5.95. The van der Waals surface area contributed by atoms with E-state index in [1.54, 1.807) is 37.3 Å². The second kappa shape index (κ2) is 9.45. The number of carbonyl (C=O) groups excluding carboxylic acids is 2. The number of hydrogen-bond donors (Lipinski definition) is 0. The molecule has 154 valence electrons. The number of nitrogens with zero attached hydrogens (tertiary/aromatic N) is 2. The number of benzene rings is 2. The first kappa shape index (κ1) is 20.7. The Hall–Kier alpha value is -3.02. The summed E-state index contributed by atoms with van der Waals surface area (Å²) in [6, 6.07) is 15.1. The maximum atomic E-state index is 12.9. The van der Waals surface area contributed by atoms with E-state index in [9.17, 15) is 9.59 Å². The van der Waals surface area contributed by atoms with Crippen LogP contribution >= 0.6 is 0 Å². The molecule has 3 rings (SSSR count). The fourth-order valence-electron chi connectivity index (χ4n) is 3.68.